The second kappa shape index (κ2) is 7.92. The summed E-state index contributed by atoms with van der Waals surface area (Å²) in [7, 11) is 2.12. The van der Waals surface area contributed by atoms with Gasteiger partial charge < -0.3 is 9.47 Å². The molecule has 1 aliphatic rings. The second-order valence-electron chi connectivity index (χ2n) is 8.07. The summed E-state index contributed by atoms with van der Waals surface area (Å²) in [6, 6.07) is 17.1. The maximum Gasteiger partial charge on any atom is 0.156 e. The molecule has 0 bridgehead atoms. The molecular formula is C25H27N5. The Bertz CT molecular complexity index is 1200. The van der Waals surface area contributed by atoms with Gasteiger partial charge in [-0.05, 0) is 24.6 Å². The van der Waals surface area contributed by atoms with E-state index in [2.05, 4.69) is 94.0 Å². The Morgan fingerprint density at radius 3 is 2.57 bits per heavy atom. The number of aromatic nitrogens is 3. The molecule has 152 valence electrons. The molecule has 5 heteroatoms. The minimum absolute atomic E-state index is 0.978. The topological polar surface area (TPSA) is 37.2 Å². The van der Waals surface area contributed by atoms with Crippen molar-refractivity contribution < 1.29 is 0 Å². The largest absolute Gasteiger partial charge is 0.352 e. The molecule has 0 spiro atoms. The third-order valence-electron chi connectivity index (χ3n) is 6.05. The van der Waals surface area contributed by atoms with Gasteiger partial charge in [0.1, 0.15) is 17.4 Å². The molecule has 3 heterocycles. The van der Waals surface area contributed by atoms with E-state index in [0.29, 0.717) is 0 Å². The molecule has 0 amide bonds. The van der Waals surface area contributed by atoms with E-state index in [0.717, 1.165) is 49.6 Å². The fourth-order valence-corrected chi connectivity index (χ4v) is 4.40. The van der Waals surface area contributed by atoms with Crippen LogP contribution in [0.1, 0.15) is 11.1 Å². The van der Waals surface area contributed by atoms with Gasteiger partial charge in [0.25, 0.3) is 0 Å². The number of hydrogen-bond donors (Lipinski definition) is 0. The Balaban J connectivity index is 1.34. The SMILES string of the molecule is Cc1ccc2c(c1)c1ncnc(N3CCN(C/C=C/c4ccccc4)CC3)c1n2C. The highest BCUT2D eigenvalue weighted by molar-refractivity contribution is 6.09. The molecule has 1 fully saturated rings. The van der Waals surface area contributed by atoms with Gasteiger partial charge in [0.2, 0.25) is 0 Å². The lowest BCUT2D eigenvalue weighted by Gasteiger charge is -2.35. The fourth-order valence-electron chi connectivity index (χ4n) is 4.40. The van der Waals surface area contributed by atoms with E-state index in [4.69, 9.17) is 4.98 Å². The number of fused-ring (bicyclic) bond motifs is 3. The average molecular weight is 398 g/mol. The van der Waals surface area contributed by atoms with Crippen LogP contribution in [0.3, 0.4) is 0 Å². The van der Waals surface area contributed by atoms with E-state index in [1.165, 1.54) is 22.0 Å². The first kappa shape index (κ1) is 18.8. The van der Waals surface area contributed by atoms with E-state index >= 15 is 0 Å². The maximum atomic E-state index is 4.70. The first-order valence-electron chi connectivity index (χ1n) is 10.6. The maximum absolute atomic E-state index is 4.70. The Morgan fingerprint density at radius 2 is 1.77 bits per heavy atom. The lowest BCUT2D eigenvalue weighted by atomic mass is 10.1. The van der Waals surface area contributed by atoms with Crippen LogP contribution >= 0.6 is 0 Å². The Kier molecular flexibility index (Phi) is 4.97. The number of rotatable bonds is 4. The van der Waals surface area contributed by atoms with Gasteiger partial charge in [0.05, 0.1) is 5.52 Å². The molecule has 5 rings (SSSR count). The van der Waals surface area contributed by atoms with Crippen molar-refractivity contribution in [2.45, 2.75) is 6.92 Å². The minimum Gasteiger partial charge on any atom is -0.352 e. The van der Waals surface area contributed by atoms with Crippen LogP contribution in [0.4, 0.5) is 5.82 Å². The quantitative estimate of drug-likeness (QED) is 0.515. The van der Waals surface area contributed by atoms with Crippen molar-refractivity contribution in [3.63, 3.8) is 0 Å². The molecule has 4 aromatic rings. The molecule has 0 atom stereocenters. The van der Waals surface area contributed by atoms with Gasteiger partial charge in [-0.2, -0.15) is 0 Å². The van der Waals surface area contributed by atoms with Crippen LogP contribution in [-0.2, 0) is 7.05 Å². The van der Waals surface area contributed by atoms with Crippen molar-refractivity contribution in [2.24, 2.45) is 7.05 Å². The van der Waals surface area contributed by atoms with Gasteiger partial charge in [-0.15, -0.1) is 0 Å². The molecule has 2 aromatic carbocycles. The van der Waals surface area contributed by atoms with Crippen molar-refractivity contribution in [1.29, 1.82) is 0 Å². The molecule has 0 unspecified atom stereocenters. The van der Waals surface area contributed by atoms with Crippen LogP contribution < -0.4 is 4.90 Å². The molecule has 1 aliphatic heterocycles. The Hall–Kier alpha value is -3.18. The lowest BCUT2D eigenvalue weighted by Crippen LogP contribution is -2.46. The van der Waals surface area contributed by atoms with Crippen LogP contribution in [0.15, 0.2) is 60.9 Å². The predicted octanol–water partition coefficient (Wildman–Crippen LogP) is 4.27. The summed E-state index contributed by atoms with van der Waals surface area (Å²) in [5, 5.41) is 1.21. The molecule has 0 saturated carbocycles. The van der Waals surface area contributed by atoms with Crippen LogP contribution in [-0.4, -0.2) is 52.2 Å². The van der Waals surface area contributed by atoms with Gasteiger partial charge in [-0.25, -0.2) is 9.97 Å². The van der Waals surface area contributed by atoms with Crippen LogP contribution in [0.5, 0.6) is 0 Å². The predicted molar refractivity (Wildman–Crippen MR) is 125 cm³/mol. The molecule has 0 N–H and O–H groups in total. The number of hydrogen-bond acceptors (Lipinski definition) is 4. The van der Waals surface area contributed by atoms with Crippen LogP contribution in [0.2, 0.25) is 0 Å². The van der Waals surface area contributed by atoms with Gasteiger partial charge in [-0.1, -0.05) is 54.1 Å². The third kappa shape index (κ3) is 3.46. The standard InChI is InChI=1S/C25H27N5/c1-19-10-11-22-21(17-19)23-24(28(22)2)25(27-18-26-23)30-15-13-29(14-16-30)12-6-9-20-7-4-3-5-8-20/h3-11,17-18H,12-16H2,1-2H3/b9-6+. The van der Waals surface area contributed by atoms with E-state index in [9.17, 15) is 0 Å². The molecule has 0 radical (unpaired) electrons. The molecule has 2 aromatic heterocycles. The van der Waals surface area contributed by atoms with E-state index in [1.54, 1.807) is 6.33 Å². The molecular weight excluding hydrogens is 370 g/mol. The van der Waals surface area contributed by atoms with Crippen molar-refractivity contribution in [1.82, 2.24) is 19.4 Å². The summed E-state index contributed by atoms with van der Waals surface area (Å²) < 4.78 is 2.24. The second-order valence-corrected chi connectivity index (χ2v) is 8.07. The smallest absolute Gasteiger partial charge is 0.156 e. The normalized spacial score (nSPS) is 15.6. The number of nitrogens with zero attached hydrogens (tertiary/aromatic N) is 5. The van der Waals surface area contributed by atoms with Crippen LogP contribution in [0, 0.1) is 6.92 Å². The first-order valence-corrected chi connectivity index (χ1v) is 10.6. The highest BCUT2D eigenvalue weighted by Gasteiger charge is 2.22. The van der Waals surface area contributed by atoms with Gasteiger partial charge >= 0.3 is 0 Å². The Morgan fingerprint density at radius 1 is 0.967 bits per heavy atom. The molecule has 1 saturated heterocycles. The first-order chi connectivity index (χ1) is 14.7. The van der Waals surface area contributed by atoms with Gasteiger partial charge in [0, 0.05) is 45.2 Å². The molecule has 5 nitrogen and oxygen atoms in total. The highest BCUT2D eigenvalue weighted by atomic mass is 15.3. The minimum atomic E-state index is 0.978. The Labute approximate surface area is 177 Å². The van der Waals surface area contributed by atoms with Crippen molar-refractivity contribution in [3.05, 3.63) is 72.1 Å². The highest BCUT2D eigenvalue weighted by Crippen LogP contribution is 2.32. The summed E-state index contributed by atoms with van der Waals surface area (Å²) in [4.78, 5) is 14.2. The zero-order valence-electron chi connectivity index (χ0n) is 17.6. The molecule has 30 heavy (non-hydrogen) atoms. The summed E-state index contributed by atoms with van der Waals surface area (Å²) in [6.45, 7) is 7.14. The lowest BCUT2D eigenvalue weighted by molar-refractivity contribution is 0.284. The number of benzene rings is 2. The van der Waals surface area contributed by atoms with Crippen LogP contribution in [0.25, 0.3) is 28.0 Å². The van der Waals surface area contributed by atoms with Crippen molar-refractivity contribution >= 4 is 33.8 Å². The zero-order valence-corrected chi connectivity index (χ0v) is 17.6. The molecule has 0 aliphatic carbocycles. The number of aryl methyl sites for hydroxylation is 2. The number of anilines is 1. The van der Waals surface area contributed by atoms with Crippen molar-refractivity contribution in [2.75, 3.05) is 37.6 Å². The zero-order chi connectivity index (χ0) is 20.5. The summed E-state index contributed by atoms with van der Waals surface area (Å²) in [6.07, 6.45) is 6.19. The van der Waals surface area contributed by atoms with E-state index in [-0.39, 0.29) is 0 Å². The summed E-state index contributed by atoms with van der Waals surface area (Å²) >= 11 is 0. The summed E-state index contributed by atoms with van der Waals surface area (Å²) in [5.74, 6) is 1.05. The summed E-state index contributed by atoms with van der Waals surface area (Å²) in [5.41, 5.74) is 5.91. The fraction of sp³-hybridized carbons (Fsp3) is 0.280. The van der Waals surface area contributed by atoms with E-state index < -0.39 is 0 Å². The monoisotopic (exact) mass is 397 g/mol. The number of piperazine rings is 1. The van der Waals surface area contributed by atoms with Crippen molar-refractivity contribution in [3.8, 4) is 0 Å². The average Bonchev–Trinajstić information content (AvgIpc) is 3.07. The third-order valence-corrected chi connectivity index (χ3v) is 6.05. The van der Waals surface area contributed by atoms with Gasteiger partial charge in [-0.3, -0.25) is 4.90 Å². The van der Waals surface area contributed by atoms with E-state index in [1.807, 2.05) is 0 Å². The van der Waals surface area contributed by atoms with Gasteiger partial charge in [0.15, 0.2) is 5.82 Å².